The first kappa shape index (κ1) is 17.4. The van der Waals surface area contributed by atoms with Crippen molar-refractivity contribution in [1.29, 1.82) is 0 Å². The summed E-state index contributed by atoms with van der Waals surface area (Å²) in [7, 11) is 1.39. The number of amidine groups is 1. The molecule has 4 nitrogen and oxygen atoms in total. The Morgan fingerprint density at radius 3 is 2.22 bits per heavy atom. The van der Waals surface area contributed by atoms with Gasteiger partial charge >= 0.3 is 18.0 Å². The number of hydrogen-bond acceptors (Lipinski definition) is 4. The van der Waals surface area contributed by atoms with E-state index in [0.717, 1.165) is 0 Å². The van der Waals surface area contributed by atoms with E-state index in [1.165, 1.54) is 11.9 Å². The van der Waals surface area contributed by atoms with Crippen LogP contribution in [0.4, 0.5) is 32.0 Å². The van der Waals surface area contributed by atoms with Gasteiger partial charge in [0.2, 0.25) is 0 Å². The number of ether oxygens (including phenoxy) is 1. The molecule has 0 amide bonds. The average Bonchev–Trinajstić information content (AvgIpc) is 2.96. The summed E-state index contributed by atoms with van der Waals surface area (Å²) in [6.07, 6.45) is -6.17. The molecule has 1 aliphatic heterocycles. The zero-order chi connectivity index (χ0) is 17.5. The lowest BCUT2D eigenvalue weighted by Crippen LogP contribution is -2.60. The minimum atomic E-state index is -6.17. The third-order valence-corrected chi connectivity index (χ3v) is 3.30. The Bertz CT molecular complexity index is 588. The fourth-order valence-electron chi connectivity index (χ4n) is 1.90. The van der Waals surface area contributed by atoms with Crippen LogP contribution in [0.3, 0.4) is 0 Å². The third kappa shape index (κ3) is 2.94. The van der Waals surface area contributed by atoms with Crippen molar-refractivity contribution < 1.29 is 36.2 Å². The van der Waals surface area contributed by atoms with Gasteiger partial charge in [-0.2, -0.15) is 26.3 Å². The second kappa shape index (κ2) is 5.59. The SMILES string of the molecule is CN(C1=NC(C(F)(F)C(O)(F)C(F)(F)F)CO1)c1ccccc1. The highest BCUT2D eigenvalue weighted by atomic mass is 19.4. The highest BCUT2D eigenvalue weighted by molar-refractivity contribution is 5.92. The van der Waals surface area contributed by atoms with Gasteiger partial charge in [-0.05, 0) is 12.1 Å². The maximum atomic E-state index is 13.7. The Morgan fingerprint density at radius 1 is 1.13 bits per heavy atom. The largest absolute Gasteiger partial charge is 0.462 e. The Balaban J connectivity index is 2.25. The standard InChI is InChI=1S/C13H12F6N2O2/c1-21(8-5-3-2-4-6-8)10-20-9(7-23-10)11(14,15)12(16,22)13(17,18)19/h2-6,9,22H,7H2,1H3. The summed E-state index contributed by atoms with van der Waals surface area (Å²) in [5.74, 6) is -10.9. The first-order chi connectivity index (χ1) is 10.5. The monoisotopic (exact) mass is 342 g/mol. The summed E-state index contributed by atoms with van der Waals surface area (Å²) in [5.41, 5.74) is 0.474. The zero-order valence-corrected chi connectivity index (χ0v) is 11.7. The molecule has 1 aromatic carbocycles. The summed E-state index contributed by atoms with van der Waals surface area (Å²) in [5, 5.41) is 8.60. The van der Waals surface area contributed by atoms with Crippen LogP contribution in [0, 0.1) is 0 Å². The van der Waals surface area contributed by atoms with E-state index in [2.05, 4.69) is 4.99 Å². The maximum Gasteiger partial charge on any atom is 0.454 e. The van der Waals surface area contributed by atoms with E-state index in [1.807, 2.05) is 0 Å². The predicted molar refractivity (Wildman–Crippen MR) is 69.1 cm³/mol. The molecule has 0 aliphatic carbocycles. The Morgan fingerprint density at radius 2 is 1.70 bits per heavy atom. The summed E-state index contributed by atoms with van der Waals surface area (Å²) < 4.78 is 82.3. The highest BCUT2D eigenvalue weighted by Gasteiger charge is 2.74. The van der Waals surface area contributed by atoms with Gasteiger partial charge in [0.15, 0.2) is 6.04 Å². The summed E-state index contributed by atoms with van der Waals surface area (Å²) in [6.45, 7) is -0.998. The fourth-order valence-corrected chi connectivity index (χ4v) is 1.90. The average molecular weight is 342 g/mol. The van der Waals surface area contributed by atoms with Crippen molar-refractivity contribution in [1.82, 2.24) is 0 Å². The molecule has 1 N–H and O–H groups in total. The number of aliphatic imine (C=N–C) groups is 1. The Kier molecular flexibility index (Phi) is 4.22. The van der Waals surface area contributed by atoms with Crippen molar-refractivity contribution in [2.75, 3.05) is 18.6 Å². The topological polar surface area (TPSA) is 45.1 Å². The summed E-state index contributed by atoms with van der Waals surface area (Å²) >= 11 is 0. The first-order valence-electron chi connectivity index (χ1n) is 6.33. The van der Waals surface area contributed by atoms with Crippen molar-refractivity contribution >= 4 is 11.7 Å². The molecule has 0 saturated heterocycles. The molecular weight excluding hydrogens is 330 g/mol. The molecule has 128 valence electrons. The van der Waals surface area contributed by atoms with E-state index in [0.29, 0.717) is 5.69 Å². The van der Waals surface area contributed by atoms with Crippen molar-refractivity contribution in [2.24, 2.45) is 4.99 Å². The van der Waals surface area contributed by atoms with E-state index in [1.54, 1.807) is 30.3 Å². The molecule has 0 saturated carbocycles. The second-order valence-electron chi connectivity index (χ2n) is 4.88. The van der Waals surface area contributed by atoms with Crippen LogP contribution in [0.1, 0.15) is 0 Å². The van der Waals surface area contributed by atoms with Crippen molar-refractivity contribution in [3.8, 4) is 0 Å². The van der Waals surface area contributed by atoms with Crippen LogP contribution in [-0.2, 0) is 4.74 Å². The van der Waals surface area contributed by atoms with E-state index >= 15 is 0 Å². The number of anilines is 1. The Hall–Kier alpha value is -1.97. The lowest BCUT2D eigenvalue weighted by Gasteiger charge is -2.31. The van der Waals surface area contributed by atoms with Gasteiger partial charge in [-0.3, -0.25) is 4.90 Å². The molecule has 0 radical (unpaired) electrons. The van der Waals surface area contributed by atoms with Gasteiger partial charge in [0, 0.05) is 12.7 Å². The lowest BCUT2D eigenvalue weighted by atomic mass is 10.0. The minimum Gasteiger partial charge on any atom is -0.462 e. The van der Waals surface area contributed by atoms with Crippen molar-refractivity contribution in [3.63, 3.8) is 0 Å². The maximum absolute atomic E-state index is 13.7. The molecule has 0 bridgehead atoms. The molecule has 2 atom stereocenters. The number of hydrogen-bond donors (Lipinski definition) is 1. The van der Waals surface area contributed by atoms with E-state index < -0.39 is 36.6 Å². The van der Waals surface area contributed by atoms with Gasteiger partial charge in [-0.1, -0.05) is 18.2 Å². The molecule has 23 heavy (non-hydrogen) atoms. The molecule has 0 spiro atoms. The lowest BCUT2D eigenvalue weighted by molar-refractivity contribution is -0.388. The van der Waals surface area contributed by atoms with Gasteiger partial charge in [0.05, 0.1) is 0 Å². The van der Waals surface area contributed by atoms with Gasteiger partial charge in [-0.15, -0.1) is 0 Å². The van der Waals surface area contributed by atoms with Gasteiger partial charge in [-0.25, -0.2) is 4.99 Å². The van der Waals surface area contributed by atoms with Gasteiger partial charge in [0.25, 0.3) is 6.02 Å². The van der Waals surface area contributed by atoms with Crippen LogP contribution in [0.15, 0.2) is 35.3 Å². The summed E-state index contributed by atoms with van der Waals surface area (Å²) in [6, 6.07) is 5.21. The predicted octanol–water partition coefficient (Wildman–Crippen LogP) is 2.73. The smallest absolute Gasteiger partial charge is 0.454 e. The first-order valence-corrected chi connectivity index (χ1v) is 6.33. The Labute approximate surface area is 127 Å². The molecule has 10 heteroatoms. The minimum absolute atomic E-state index is 0.404. The number of aliphatic hydroxyl groups is 1. The molecule has 2 rings (SSSR count). The van der Waals surface area contributed by atoms with Gasteiger partial charge in [0.1, 0.15) is 6.61 Å². The number of halogens is 6. The molecule has 0 aromatic heterocycles. The van der Waals surface area contributed by atoms with E-state index in [4.69, 9.17) is 9.84 Å². The van der Waals surface area contributed by atoms with E-state index in [-0.39, 0.29) is 0 Å². The fraction of sp³-hybridized carbons (Fsp3) is 0.462. The number of alkyl halides is 6. The molecular formula is C13H12F6N2O2. The number of nitrogens with zero attached hydrogens (tertiary/aromatic N) is 2. The van der Waals surface area contributed by atoms with E-state index in [9.17, 15) is 26.3 Å². The molecule has 1 aromatic rings. The number of benzene rings is 1. The summed E-state index contributed by atoms with van der Waals surface area (Å²) in [4.78, 5) is 4.50. The van der Waals surface area contributed by atoms with Crippen molar-refractivity contribution in [2.45, 2.75) is 24.0 Å². The van der Waals surface area contributed by atoms with Crippen LogP contribution < -0.4 is 4.90 Å². The molecule has 0 fully saturated rings. The quantitative estimate of drug-likeness (QED) is 0.859. The number of para-hydroxylation sites is 1. The van der Waals surface area contributed by atoms with Crippen LogP contribution in [0.25, 0.3) is 0 Å². The van der Waals surface area contributed by atoms with Crippen molar-refractivity contribution in [3.05, 3.63) is 30.3 Å². The van der Waals surface area contributed by atoms with Crippen LogP contribution >= 0.6 is 0 Å². The van der Waals surface area contributed by atoms with Crippen LogP contribution in [0.5, 0.6) is 0 Å². The normalized spacial score (nSPS) is 21.4. The second-order valence-corrected chi connectivity index (χ2v) is 4.88. The van der Waals surface area contributed by atoms with Crippen LogP contribution in [0.2, 0.25) is 0 Å². The van der Waals surface area contributed by atoms with Crippen LogP contribution in [-0.4, -0.2) is 48.8 Å². The number of rotatable bonds is 3. The van der Waals surface area contributed by atoms with Gasteiger partial charge < -0.3 is 9.84 Å². The molecule has 2 unspecified atom stereocenters. The molecule has 1 aliphatic rings. The molecule has 1 heterocycles. The highest BCUT2D eigenvalue weighted by Crippen LogP contribution is 2.46. The zero-order valence-electron chi connectivity index (χ0n) is 11.7. The third-order valence-electron chi connectivity index (χ3n) is 3.30.